The molecule has 0 radical (unpaired) electrons. The van der Waals surface area contributed by atoms with E-state index in [1.807, 2.05) is 0 Å². The molecule has 2 atom stereocenters. The lowest BCUT2D eigenvalue weighted by Crippen LogP contribution is -2.44. The van der Waals surface area contributed by atoms with Gasteiger partial charge in [-0.15, -0.1) is 0 Å². The molecule has 0 aromatic carbocycles. The fourth-order valence-corrected chi connectivity index (χ4v) is 1.99. The van der Waals surface area contributed by atoms with E-state index in [4.69, 9.17) is 5.73 Å². The molecule has 1 aliphatic rings. The third-order valence-corrected chi connectivity index (χ3v) is 3.59. The largest absolute Gasteiger partial charge is 0.330 e. The molecule has 0 amide bonds. The van der Waals surface area contributed by atoms with Gasteiger partial charge in [-0.1, -0.05) is 13.8 Å². The zero-order chi connectivity index (χ0) is 9.84. The molecule has 0 saturated carbocycles. The van der Waals surface area contributed by atoms with E-state index in [1.54, 1.807) is 0 Å². The topological polar surface area (TPSA) is 29.3 Å². The van der Waals surface area contributed by atoms with E-state index in [0.717, 1.165) is 12.5 Å². The Bertz CT molecular complexity index is 139. The van der Waals surface area contributed by atoms with Crippen LogP contribution in [0.5, 0.6) is 0 Å². The van der Waals surface area contributed by atoms with Crippen molar-refractivity contribution in [3.8, 4) is 0 Å². The molecule has 1 rings (SSSR count). The van der Waals surface area contributed by atoms with Crippen molar-refractivity contribution in [3.05, 3.63) is 0 Å². The molecule has 0 aliphatic carbocycles. The normalized spacial score (nSPS) is 25.8. The van der Waals surface area contributed by atoms with Crippen LogP contribution in [0.4, 0.5) is 0 Å². The lowest BCUT2D eigenvalue weighted by molar-refractivity contribution is 0.116. The van der Waals surface area contributed by atoms with Crippen molar-refractivity contribution in [2.45, 2.75) is 39.7 Å². The maximum Gasteiger partial charge on any atom is 0.0105 e. The Balaban J connectivity index is 2.35. The van der Waals surface area contributed by atoms with Gasteiger partial charge in [0.05, 0.1) is 0 Å². The molecule has 13 heavy (non-hydrogen) atoms. The quantitative estimate of drug-likeness (QED) is 0.723. The maximum atomic E-state index is 5.68. The van der Waals surface area contributed by atoms with E-state index in [1.165, 1.54) is 25.9 Å². The van der Waals surface area contributed by atoms with Gasteiger partial charge in [-0.2, -0.15) is 0 Å². The zero-order valence-corrected chi connectivity index (χ0v) is 9.29. The van der Waals surface area contributed by atoms with Gasteiger partial charge in [0.1, 0.15) is 0 Å². The molecular weight excluding hydrogens is 160 g/mol. The van der Waals surface area contributed by atoms with Gasteiger partial charge in [0.15, 0.2) is 0 Å². The predicted octanol–water partition coefficient (Wildman–Crippen LogP) is 1.70. The summed E-state index contributed by atoms with van der Waals surface area (Å²) < 4.78 is 0. The fraction of sp³-hybridized carbons (Fsp3) is 1.00. The molecule has 1 aliphatic heterocycles. The first kappa shape index (κ1) is 11.0. The summed E-state index contributed by atoms with van der Waals surface area (Å²) in [5, 5.41) is 0. The highest BCUT2D eigenvalue weighted by Crippen LogP contribution is 2.20. The van der Waals surface area contributed by atoms with E-state index in [9.17, 15) is 0 Å². The van der Waals surface area contributed by atoms with E-state index in [-0.39, 0.29) is 0 Å². The van der Waals surface area contributed by atoms with Crippen LogP contribution in [-0.2, 0) is 0 Å². The van der Waals surface area contributed by atoms with E-state index < -0.39 is 0 Å². The molecule has 2 heteroatoms. The molecule has 0 bridgehead atoms. The number of hydrogen-bond donors (Lipinski definition) is 1. The molecule has 0 spiro atoms. The third-order valence-electron chi connectivity index (χ3n) is 3.59. The van der Waals surface area contributed by atoms with Crippen molar-refractivity contribution in [1.29, 1.82) is 0 Å². The van der Waals surface area contributed by atoms with Crippen LogP contribution in [0.2, 0.25) is 0 Å². The summed E-state index contributed by atoms with van der Waals surface area (Å²) in [6.07, 6.45) is 2.73. The summed E-state index contributed by atoms with van der Waals surface area (Å²) >= 11 is 0. The first-order valence-corrected chi connectivity index (χ1v) is 5.59. The van der Waals surface area contributed by atoms with Crippen LogP contribution in [0, 0.1) is 11.8 Å². The Morgan fingerprint density at radius 1 is 1.31 bits per heavy atom. The van der Waals surface area contributed by atoms with Gasteiger partial charge in [0.25, 0.3) is 0 Å². The van der Waals surface area contributed by atoms with Gasteiger partial charge in [0, 0.05) is 6.04 Å². The van der Waals surface area contributed by atoms with Crippen LogP contribution in [0.1, 0.15) is 33.6 Å². The van der Waals surface area contributed by atoms with Crippen LogP contribution >= 0.6 is 0 Å². The van der Waals surface area contributed by atoms with Crippen LogP contribution in [0.15, 0.2) is 0 Å². The average Bonchev–Trinajstić information content (AvgIpc) is 2.17. The van der Waals surface area contributed by atoms with E-state index in [2.05, 4.69) is 25.7 Å². The first-order chi connectivity index (χ1) is 6.15. The van der Waals surface area contributed by atoms with E-state index >= 15 is 0 Å². The van der Waals surface area contributed by atoms with Crippen molar-refractivity contribution in [3.63, 3.8) is 0 Å². The summed E-state index contributed by atoms with van der Waals surface area (Å²) in [4.78, 5) is 2.59. The average molecular weight is 184 g/mol. The summed E-state index contributed by atoms with van der Waals surface area (Å²) in [6, 6.07) is 0.664. The molecule has 1 heterocycles. The van der Waals surface area contributed by atoms with Crippen molar-refractivity contribution in [1.82, 2.24) is 4.90 Å². The zero-order valence-electron chi connectivity index (χ0n) is 9.29. The number of nitrogens with two attached hydrogens (primary N) is 1. The highest BCUT2D eigenvalue weighted by molar-refractivity contribution is 4.77. The number of piperidine rings is 1. The van der Waals surface area contributed by atoms with Gasteiger partial charge in [-0.25, -0.2) is 0 Å². The van der Waals surface area contributed by atoms with Gasteiger partial charge >= 0.3 is 0 Å². The lowest BCUT2D eigenvalue weighted by Gasteiger charge is -2.37. The molecule has 2 N–H and O–H groups in total. The second-order valence-corrected chi connectivity index (χ2v) is 4.67. The summed E-state index contributed by atoms with van der Waals surface area (Å²) in [6.45, 7) is 10.3. The Hall–Kier alpha value is -0.0800. The van der Waals surface area contributed by atoms with Gasteiger partial charge in [-0.05, 0) is 51.2 Å². The molecule has 78 valence electrons. The summed E-state index contributed by atoms with van der Waals surface area (Å²) in [7, 11) is 0. The summed E-state index contributed by atoms with van der Waals surface area (Å²) in [5.74, 6) is 1.56. The SMILES string of the molecule is CC1CCN(C(C)C(C)CN)CC1. The third kappa shape index (κ3) is 2.96. The Labute approximate surface area is 82.5 Å². The van der Waals surface area contributed by atoms with Gasteiger partial charge < -0.3 is 10.6 Å². The smallest absolute Gasteiger partial charge is 0.0105 e. The first-order valence-electron chi connectivity index (χ1n) is 5.59. The van der Waals surface area contributed by atoms with Crippen molar-refractivity contribution < 1.29 is 0 Å². The van der Waals surface area contributed by atoms with Crippen LogP contribution in [-0.4, -0.2) is 30.6 Å². The predicted molar refractivity (Wildman–Crippen MR) is 57.7 cm³/mol. The molecular formula is C11H24N2. The minimum absolute atomic E-state index is 0.633. The molecule has 2 unspecified atom stereocenters. The minimum Gasteiger partial charge on any atom is -0.330 e. The fourth-order valence-electron chi connectivity index (χ4n) is 1.99. The molecule has 0 aromatic rings. The monoisotopic (exact) mass is 184 g/mol. The molecule has 1 saturated heterocycles. The number of nitrogens with zero attached hydrogens (tertiary/aromatic N) is 1. The van der Waals surface area contributed by atoms with Crippen molar-refractivity contribution in [2.75, 3.05) is 19.6 Å². The number of likely N-dealkylation sites (tertiary alicyclic amines) is 1. The van der Waals surface area contributed by atoms with Crippen molar-refractivity contribution >= 4 is 0 Å². The Kier molecular flexibility index (Phi) is 4.20. The molecule has 1 fully saturated rings. The molecule has 0 aromatic heterocycles. The summed E-state index contributed by atoms with van der Waals surface area (Å²) in [5.41, 5.74) is 5.68. The lowest BCUT2D eigenvalue weighted by atomic mass is 9.95. The van der Waals surface area contributed by atoms with Crippen LogP contribution < -0.4 is 5.73 Å². The Morgan fingerprint density at radius 2 is 1.85 bits per heavy atom. The second-order valence-electron chi connectivity index (χ2n) is 4.67. The Morgan fingerprint density at radius 3 is 2.31 bits per heavy atom. The number of hydrogen-bond acceptors (Lipinski definition) is 2. The standard InChI is InChI=1S/C11H24N2/c1-9-4-6-13(7-5-9)11(3)10(2)8-12/h9-11H,4-8,12H2,1-3H3. The van der Waals surface area contributed by atoms with Crippen LogP contribution in [0.3, 0.4) is 0 Å². The van der Waals surface area contributed by atoms with Crippen molar-refractivity contribution in [2.24, 2.45) is 17.6 Å². The maximum absolute atomic E-state index is 5.68. The highest BCUT2D eigenvalue weighted by atomic mass is 15.2. The molecule has 2 nitrogen and oxygen atoms in total. The van der Waals surface area contributed by atoms with Crippen LogP contribution in [0.25, 0.3) is 0 Å². The minimum atomic E-state index is 0.633. The van der Waals surface area contributed by atoms with E-state index in [0.29, 0.717) is 12.0 Å². The second kappa shape index (κ2) is 4.97. The number of rotatable bonds is 3. The van der Waals surface area contributed by atoms with Gasteiger partial charge in [-0.3, -0.25) is 0 Å². The van der Waals surface area contributed by atoms with Gasteiger partial charge in [0.2, 0.25) is 0 Å². The highest BCUT2D eigenvalue weighted by Gasteiger charge is 2.22.